The van der Waals surface area contributed by atoms with Gasteiger partial charge in [0.1, 0.15) is 36.3 Å². The number of carbonyl (C=O) groups is 2. The first-order valence-electron chi connectivity index (χ1n) is 25.4. The molecule has 10 rings (SSSR count). The number of aryl methyl sites for hydroxylation is 2. The van der Waals surface area contributed by atoms with Crippen molar-refractivity contribution in [2.45, 2.75) is 52.3 Å². The van der Waals surface area contributed by atoms with Gasteiger partial charge < -0.3 is 28.5 Å². The third kappa shape index (κ3) is 13.0. The first-order valence-corrected chi connectivity index (χ1v) is 28.6. The van der Waals surface area contributed by atoms with Gasteiger partial charge in [-0.05, 0) is 159 Å². The van der Waals surface area contributed by atoms with Gasteiger partial charge in [-0.3, -0.25) is 8.61 Å². The average Bonchev–Trinajstić information content (AvgIpc) is 4.44. The Morgan fingerprint density at radius 2 is 0.904 bits per heavy atom. The summed E-state index contributed by atoms with van der Waals surface area (Å²) in [4.78, 5) is 24.6. The number of benzene rings is 6. The molecule has 0 aliphatic carbocycles. The Balaban J connectivity index is 0.000000200. The van der Waals surface area contributed by atoms with Crippen molar-refractivity contribution >= 4 is 43.4 Å². The van der Waals surface area contributed by atoms with Crippen LogP contribution in [0.25, 0.3) is 33.9 Å². The summed E-state index contributed by atoms with van der Waals surface area (Å²) < 4.78 is 182. The van der Waals surface area contributed by atoms with Crippen molar-refractivity contribution in [1.29, 1.82) is 0 Å². The maximum atomic E-state index is 13.8. The molecule has 4 heterocycles. The number of ether oxygens (including phenoxy) is 3. The average molecular weight is 1190 g/mol. The predicted molar refractivity (Wildman–Crippen MR) is 293 cm³/mol. The fraction of sp³-hybridized carbons (Fsp3) is 0.220. The molecule has 0 atom stereocenters. The zero-order chi connectivity index (χ0) is 59.8. The molecule has 1 N–H and O–H groups in total. The molecular formula is C59H50F8N4O10S2. The summed E-state index contributed by atoms with van der Waals surface area (Å²) in [7, 11) is -6.06. The van der Waals surface area contributed by atoms with E-state index in [2.05, 4.69) is 0 Å². The lowest BCUT2D eigenvalue weighted by Gasteiger charge is -2.21. The van der Waals surface area contributed by atoms with Gasteiger partial charge in [0.05, 0.1) is 63.6 Å². The molecule has 2 aromatic heterocycles. The summed E-state index contributed by atoms with van der Waals surface area (Å²) in [6, 6.07) is 32.3. The van der Waals surface area contributed by atoms with Gasteiger partial charge in [0, 0.05) is 47.0 Å². The number of esters is 1. The number of aromatic carboxylic acids is 1. The van der Waals surface area contributed by atoms with Crippen LogP contribution in [0.2, 0.25) is 0 Å². The quantitative estimate of drug-likeness (QED) is 0.0818. The largest absolute Gasteiger partial charge is 0.488 e. The first kappa shape index (κ1) is 59.0. The van der Waals surface area contributed by atoms with E-state index in [1.807, 2.05) is 0 Å². The van der Waals surface area contributed by atoms with Crippen LogP contribution in [0, 0.1) is 25.5 Å². The van der Waals surface area contributed by atoms with Crippen LogP contribution in [0.5, 0.6) is 11.5 Å². The molecule has 2 aliphatic rings. The van der Waals surface area contributed by atoms with Crippen molar-refractivity contribution in [2.24, 2.45) is 0 Å². The zero-order valence-corrected chi connectivity index (χ0v) is 45.9. The molecule has 6 aromatic carbocycles. The van der Waals surface area contributed by atoms with Gasteiger partial charge in [0.25, 0.3) is 0 Å². The number of halogens is 8. The Morgan fingerprint density at radius 1 is 0.518 bits per heavy atom. The van der Waals surface area contributed by atoms with E-state index < -0.39 is 67.1 Å². The van der Waals surface area contributed by atoms with E-state index in [0.717, 1.165) is 28.6 Å². The number of hydrogen-bond donors (Lipinski definition) is 1. The summed E-state index contributed by atoms with van der Waals surface area (Å²) in [6.45, 7) is 3.73. The molecule has 2 aliphatic heterocycles. The first-order chi connectivity index (χ1) is 39.2. The van der Waals surface area contributed by atoms with Gasteiger partial charge >= 0.3 is 24.3 Å². The number of nitrogens with zero attached hydrogens (tertiary/aromatic N) is 4. The molecule has 24 heteroatoms. The highest BCUT2D eigenvalue weighted by Crippen LogP contribution is 2.43. The molecule has 0 unspecified atom stereocenters. The standard InChI is InChI=1S/C30H26F4N2O5S.C29H24F4N2O5S/c1-19-4-10-27(26-16-22(30(32,33)34)7-11-28(26)41-18-20-5-8-23(31)9-6-20)36(19)25-15-21(29(37)40-2)14-24(17-25)35-12-3-13-42(35,38)39;1-18-3-9-26(35(18)24-14-20(28(36)37)13-23(16-24)34-11-2-12-41(34,38)39)25-15-21(29(31,32)33)6-10-27(25)40-17-19-4-7-22(30)8-5-19/h4-11,14-17H,3,12-13,18H2,1-2H3;3-10,13-16H,2,11-12,17H2,1H3,(H,36,37). The Hall–Kier alpha value is -8.64. The molecule has 434 valence electrons. The number of alkyl halides is 6. The third-order valence-electron chi connectivity index (χ3n) is 13.7. The molecule has 8 aromatic rings. The monoisotopic (exact) mass is 1190 g/mol. The number of hydrogen-bond acceptors (Lipinski definition) is 9. The van der Waals surface area contributed by atoms with Gasteiger partial charge in [-0.2, -0.15) is 26.3 Å². The van der Waals surface area contributed by atoms with Gasteiger partial charge in [-0.25, -0.2) is 35.2 Å². The summed E-state index contributed by atoms with van der Waals surface area (Å²) in [6.07, 6.45) is -8.51. The highest BCUT2D eigenvalue weighted by Gasteiger charge is 2.35. The molecule has 0 amide bonds. The molecular weight excluding hydrogens is 1140 g/mol. The molecule has 0 bridgehead atoms. The summed E-state index contributed by atoms with van der Waals surface area (Å²) in [5, 5.41) is 9.78. The number of carbonyl (C=O) groups excluding carboxylic acids is 1. The predicted octanol–water partition coefficient (Wildman–Crippen LogP) is 12.9. The Bertz CT molecular complexity index is 4000. The number of aromatic nitrogens is 2. The van der Waals surface area contributed by atoms with Gasteiger partial charge in [-0.1, -0.05) is 24.3 Å². The Labute approximate surface area is 471 Å². The highest BCUT2D eigenvalue weighted by atomic mass is 32.2. The van der Waals surface area contributed by atoms with Crippen molar-refractivity contribution in [1.82, 2.24) is 9.13 Å². The maximum absolute atomic E-state index is 13.8. The number of carboxylic acid groups (broad SMARTS) is 1. The van der Waals surface area contributed by atoms with Gasteiger partial charge in [0.2, 0.25) is 20.0 Å². The highest BCUT2D eigenvalue weighted by molar-refractivity contribution is 7.93. The second-order valence-corrected chi connectivity index (χ2v) is 23.4. The zero-order valence-electron chi connectivity index (χ0n) is 44.3. The van der Waals surface area contributed by atoms with Crippen LogP contribution in [0.15, 0.2) is 146 Å². The Kier molecular flexibility index (Phi) is 16.6. The van der Waals surface area contributed by atoms with Gasteiger partial charge in [-0.15, -0.1) is 0 Å². The second kappa shape index (κ2) is 23.3. The van der Waals surface area contributed by atoms with Crippen LogP contribution in [0.3, 0.4) is 0 Å². The third-order valence-corrected chi connectivity index (χ3v) is 17.4. The molecule has 0 spiro atoms. The van der Waals surface area contributed by atoms with Crippen LogP contribution < -0.4 is 18.1 Å². The van der Waals surface area contributed by atoms with Crippen LogP contribution in [-0.4, -0.2) is 74.7 Å². The smallest absolute Gasteiger partial charge is 0.416 e. The number of methoxy groups -OCH3 is 1. The van der Waals surface area contributed by atoms with Gasteiger partial charge in [0.15, 0.2) is 0 Å². The number of carboxylic acids is 1. The van der Waals surface area contributed by atoms with E-state index in [-0.39, 0.29) is 94.3 Å². The van der Waals surface area contributed by atoms with Crippen molar-refractivity contribution in [3.8, 4) is 45.4 Å². The maximum Gasteiger partial charge on any atom is 0.416 e. The lowest BCUT2D eigenvalue weighted by Crippen LogP contribution is -2.25. The van der Waals surface area contributed by atoms with E-state index in [1.54, 1.807) is 53.3 Å². The van der Waals surface area contributed by atoms with E-state index >= 15 is 0 Å². The minimum absolute atomic E-state index is 0.0346. The van der Waals surface area contributed by atoms with Crippen molar-refractivity contribution in [2.75, 3.05) is 40.3 Å². The van der Waals surface area contributed by atoms with Crippen LogP contribution in [-0.2, 0) is 50.3 Å². The minimum Gasteiger partial charge on any atom is -0.488 e. The fourth-order valence-corrected chi connectivity index (χ4v) is 12.8. The SMILES string of the molecule is COC(=O)c1cc(N2CCCS2(=O)=O)cc(-n2c(C)ccc2-c2cc(C(F)(F)F)ccc2OCc2ccc(F)cc2)c1.Cc1ccc(-c2cc(C(F)(F)F)ccc2OCc2ccc(F)cc2)n1-c1cc(C(=O)O)cc(N2CCCS2(=O)=O)c1. The molecule has 2 saturated heterocycles. The topological polar surface area (TPSA) is 167 Å². The summed E-state index contributed by atoms with van der Waals surface area (Å²) in [5.41, 5.74) is 2.16. The molecule has 2 fully saturated rings. The molecule has 0 saturated carbocycles. The number of rotatable bonds is 14. The minimum atomic E-state index is -4.66. The summed E-state index contributed by atoms with van der Waals surface area (Å²) >= 11 is 0. The van der Waals surface area contributed by atoms with Crippen LogP contribution in [0.4, 0.5) is 46.5 Å². The lowest BCUT2D eigenvalue weighted by atomic mass is 10.1. The second-order valence-electron chi connectivity index (χ2n) is 19.4. The van der Waals surface area contributed by atoms with Crippen LogP contribution in [0.1, 0.15) is 67.2 Å². The van der Waals surface area contributed by atoms with E-state index in [9.17, 15) is 66.7 Å². The lowest BCUT2D eigenvalue weighted by molar-refractivity contribution is -0.138. The van der Waals surface area contributed by atoms with E-state index in [0.29, 0.717) is 46.7 Å². The molecule has 14 nitrogen and oxygen atoms in total. The Morgan fingerprint density at radius 3 is 1.27 bits per heavy atom. The fourth-order valence-electron chi connectivity index (χ4n) is 9.69. The summed E-state index contributed by atoms with van der Waals surface area (Å²) in [5.74, 6) is -2.75. The van der Waals surface area contributed by atoms with E-state index in [4.69, 9.17) is 14.2 Å². The molecule has 0 radical (unpaired) electrons. The van der Waals surface area contributed by atoms with Crippen molar-refractivity contribution in [3.05, 3.63) is 202 Å². The van der Waals surface area contributed by atoms with E-state index in [1.165, 1.54) is 102 Å². The van der Waals surface area contributed by atoms with Crippen molar-refractivity contribution < 1.29 is 80.9 Å². The number of sulfonamides is 2. The number of anilines is 2. The normalized spacial score (nSPS) is 14.7. The molecule has 83 heavy (non-hydrogen) atoms. The van der Waals surface area contributed by atoms with Crippen molar-refractivity contribution in [3.63, 3.8) is 0 Å². The van der Waals surface area contributed by atoms with Crippen LogP contribution >= 0.6 is 0 Å².